The zero-order valence-corrected chi connectivity index (χ0v) is 17.7. The number of aromatic nitrogens is 2. The van der Waals surface area contributed by atoms with Crippen molar-refractivity contribution >= 4 is 17.6 Å². The third-order valence-electron chi connectivity index (χ3n) is 5.12. The smallest absolute Gasteiger partial charge is 0.306 e. The van der Waals surface area contributed by atoms with Gasteiger partial charge in [-0.3, -0.25) is 24.6 Å². The molecule has 31 heavy (non-hydrogen) atoms. The van der Waals surface area contributed by atoms with Gasteiger partial charge in [0.15, 0.2) is 5.96 Å². The van der Waals surface area contributed by atoms with Crippen molar-refractivity contribution in [3.63, 3.8) is 0 Å². The zero-order chi connectivity index (χ0) is 22.1. The maximum Gasteiger partial charge on any atom is 0.306 e. The molecule has 0 spiro atoms. The molecule has 10 heteroatoms. The molecule has 1 amide bonds. The van der Waals surface area contributed by atoms with Crippen LogP contribution in [-0.2, 0) is 17.8 Å². The van der Waals surface area contributed by atoms with Gasteiger partial charge in [-0.15, -0.1) is 0 Å². The van der Waals surface area contributed by atoms with Crippen LogP contribution in [0.2, 0.25) is 0 Å². The fourth-order valence-corrected chi connectivity index (χ4v) is 3.52. The van der Waals surface area contributed by atoms with Crippen LogP contribution in [0.3, 0.4) is 0 Å². The lowest BCUT2D eigenvalue weighted by Crippen LogP contribution is -2.39. The van der Waals surface area contributed by atoms with Gasteiger partial charge in [-0.2, -0.15) is 5.10 Å². The first-order valence-corrected chi connectivity index (χ1v) is 10.6. The van der Waals surface area contributed by atoms with E-state index < -0.39 is 4.92 Å². The number of nitrogens with one attached hydrogen (secondary N) is 2. The first-order valence-electron chi connectivity index (χ1n) is 10.6. The van der Waals surface area contributed by atoms with Crippen molar-refractivity contribution in [2.75, 3.05) is 32.7 Å². The van der Waals surface area contributed by atoms with Crippen LogP contribution >= 0.6 is 0 Å². The predicted octanol–water partition coefficient (Wildman–Crippen LogP) is 1.44. The summed E-state index contributed by atoms with van der Waals surface area (Å²) in [4.78, 5) is 29.2. The zero-order valence-electron chi connectivity index (χ0n) is 17.7. The lowest BCUT2D eigenvalue weighted by Gasteiger charge is -2.16. The molecule has 1 unspecified atom stereocenters. The van der Waals surface area contributed by atoms with Crippen molar-refractivity contribution in [3.8, 4) is 0 Å². The molecule has 1 aliphatic heterocycles. The van der Waals surface area contributed by atoms with E-state index in [0.717, 1.165) is 19.5 Å². The molecular weight excluding hydrogens is 398 g/mol. The van der Waals surface area contributed by atoms with Gasteiger partial charge in [0.05, 0.1) is 11.5 Å². The summed E-state index contributed by atoms with van der Waals surface area (Å²) in [6.07, 6.45) is 4.02. The average Bonchev–Trinajstić information content (AvgIpc) is 3.38. The van der Waals surface area contributed by atoms with Gasteiger partial charge in [0.2, 0.25) is 5.91 Å². The van der Waals surface area contributed by atoms with Gasteiger partial charge >= 0.3 is 5.69 Å². The third kappa shape index (κ3) is 6.80. The summed E-state index contributed by atoms with van der Waals surface area (Å²) in [5.74, 6) is 1.06. The number of nitrogens with zero attached hydrogens (tertiary/aromatic N) is 5. The Morgan fingerprint density at radius 1 is 1.29 bits per heavy atom. The number of hydrogen-bond acceptors (Lipinski definition) is 5. The van der Waals surface area contributed by atoms with Crippen LogP contribution in [-0.4, -0.2) is 64.2 Å². The highest BCUT2D eigenvalue weighted by Gasteiger charge is 2.29. The molecular formula is C21H29N7O3. The Bertz CT molecular complexity index is 897. The molecule has 1 aliphatic rings. The predicted molar refractivity (Wildman–Crippen MR) is 118 cm³/mol. The molecule has 1 fully saturated rings. The normalized spacial score (nSPS) is 16.5. The van der Waals surface area contributed by atoms with Crippen LogP contribution in [0.5, 0.6) is 0 Å². The summed E-state index contributed by atoms with van der Waals surface area (Å²) in [5.41, 5.74) is 1.21. The summed E-state index contributed by atoms with van der Waals surface area (Å²) in [7, 11) is 0. The van der Waals surface area contributed by atoms with Gasteiger partial charge in [-0.05, 0) is 18.9 Å². The highest BCUT2D eigenvalue weighted by Crippen LogP contribution is 2.18. The average molecular weight is 428 g/mol. The number of amides is 1. The molecule has 2 N–H and O–H groups in total. The second kappa shape index (κ2) is 11.1. The van der Waals surface area contributed by atoms with Crippen molar-refractivity contribution < 1.29 is 9.72 Å². The number of aliphatic imine (C=N–C) groups is 1. The number of nitro groups is 1. The van der Waals surface area contributed by atoms with E-state index in [1.54, 1.807) is 0 Å². The van der Waals surface area contributed by atoms with Crippen LogP contribution in [0.1, 0.15) is 18.9 Å². The number of carbonyl (C=O) groups excluding carboxylic acids is 1. The number of rotatable bonds is 10. The van der Waals surface area contributed by atoms with Crippen LogP contribution in [0, 0.1) is 16.0 Å². The maximum atomic E-state index is 12.3. The van der Waals surface area contributed by atoms with Crippen LogP contribution in [0.15, 0.2) is 47.7 Å². The van der Waals surface area contributed by atoms with Crippen LogP contribution < -0.4 is 10.6 Å². The molecule has 0 bridgehead atoms. The van der Waals surface area contributed by atoms with E-state index in [2.05, 4.69) is 32.9 Å². The Morgan fingerprint density at radius 3 is 2.81 bits per heavy atom. The van der Waals surface area contributed by atoms with Crippen LogP contribution in [0.25, 0.3) is 0 Å². The minimum atomic E-state index is -0.464. The summed E-state index contributed by atoms with van der Waals surface area (Å²) in [5, 5.41) is 21.1. The van der Waals surface area contributed by atoms with Gasteiger partial charge < -0.3 is 15.5 Å². The molecule has 3 rings (SSSR count). The minimum Gasteiger partial charge on any atom is -0.357 e. The van der Waals surface area contributed by atoms with Gasteiger partial charge in [0.1, 0.15) is 12.4 Å². The standard InChI is InChI=1S/C21H29N7O3/c1-2-22-21(23-9-11-27-16-19(14-25-27)28(30)31)24-13-18-12-20(29)26(15-18)10-8-17-6-4-3-5-7-17/h3-7,14,16,18H,2,8-13,15H2,1H3,(H2,22,23,24). The molecule has 0 aliphatic carbocycles. The number of hydrogen-bond donors (Lipinski definition) is 2. The fraction of sp³-hybridized carbons (Fsp3) is 0.476. The van der Waals surface area contributed by atoms with E-state index in [1.165, 1.54) is 22.6 Å². The second-order valence-corrected chi connectivity index (χ2v) is 7.51. The van der Waals surface area contributed by atoms with E-state index in [4.69, 9.17) is 0 Å². The lowest BCUT2D eigenvalue weighted by molar-refractivity contribution is -0.385. The Morgan fingerprint density at radius 2 is 2.10 bits per heavy atom. The number of benzene rings is 1. The van der Waals surface area contributed by atoms with Crippen molar-refractivity contribution in [3.05, 3.63) is 58.4 Å². The topological polar surface area (TPSA) is 118 Å². The summed E-state index contributed by atoms with van der Waals surface area (Å²) < 4.78 is 1.52. The number of guanidine groups is 1. The van der Waals surface area contributed by atoms with Gasteiger partial charge in [-0.25, -0.2) is 0 Å². The summed E-state index contributed by atoms with van der Waals surface area (Å²) >= 11 is 0. The summed E-state index contributed by atoms with van der Waals surface area (Å²) in [6.45, 7) is 5.73. The Hall–Kier alpha value is -3.43. The molecule has 2 heterocycles. The molecule has 1 aromatic heterocycles. The van der Waals surface area contributed by atoms with Gasteiger partial charge in [0.25, 0.3) is 0 Å². The molecule has 0 saturated carbocycles. The number of likely N-dealkylation sites (tertiary alicyclic amines) is 1. The van der Waals surface area contributed by atoms with Crippen molar-refractivity contribution in [1.82, 2.24) is 25.3 Å². The first-order chi connectivity index (χ1) is 15.0. The van der Waals surface area contributed by atoms with E-state index in [-0.39, 0.29) is 17.5 Å². The Kier molecular flexibility index (Phi) is 7.97. The molecule has 166 valence electrons. The molecule has 1 aromatic carbocycles. The molecule has 10 nitrogen and oxygen atoms in total. The first kappa shape index (κ1) is 22.3. The van der Waals surface area contributed by atoms with Crippen LogP contribution in [0.4, 0.5) is 5.69 Å². The fourth-order valence-electron chi connectivity index (χ4n) is 3.52. The molecule has 1 saturated heterocycles. The SMILES string of the molecule is CCNC(=NCC1CC(=O)N(CCc2ccccc2)C1)NCCn1cc([N+](=O)[O-])cn1. The lowest BCUT2D eigenvalue weighted by atomic mass is 10.1. The Labute approximate surface area is 181 Å². The minimum absolute atomic E-state index is 0.0247. The number of carbonyl (C=O) groups is 1. The van der Waals surface area contributed by atoms with E-state index in [0.29, 0.717) is 38.6 Å². The van der Waals surface area contributed by atoms with Gasteiger partial charge in [-0.1, -0.05) is 30.3 Å². The highest BCUT2D eigenvalue weighted by atomic mass is 16.6. The Balaban J connectivity index is 1.44. The highest BCUT2D eigenvalue weighted by molar-refractivity contribution is 5.80. The second-order valence-electron chi connectivity index (χ2n) is 7.51. The van der Waals surface area contributed by atoms with Crippen molar-refractivity contribution in [1.29, 1.82) is 0 Å². The third-order valence-corrected chi connectivity index (χ3v) is 5.12. The van der Waals surface area contributed by atoms with Gasteiger partial charge in [0, 0.05) is 45.1 Å². The monoisotopic (exact) mass is 427 g/mol. The molecule has 0 radical (unpaired) electrons. The quantitative estimate of drug-likeness (QED) is 0.256. The van der Waals surface area contributed by atoms with Crippen molar-refractivity contribution in [2.45, 2.75) is 26.3 Å². The summed E-state index contributed by atoms with van der Waals surface area (Å²) in [6, 6.07) is 10.2. The molecule has 1 atom stereocenters. The van der Waals surface area contributed by atoms with E-state index in [9.17, 15) is 14.9 Å². The van der Waals surface area contributed by atoms with E-state index in [1.807, 2.05) is 30.0 Å². The maximum absolute atomic E-state index is 12.3. The molecule has 2 aromatic rings. The largest absolute Gasteiger partial charge is 0.357 e. The van der Waals surface area contributed by atoms with E-state index >= 15 is 0 Å². The van der Waals surface area contributed by atoms with Crippen molar-refractivity contribution in [2.24, 2.45) is 10.9 Å².